The summed E-state index contributed by atoms with van der Waals surface area (Å²) in [6.07, 6.45) is 1.49. The second kappa shape index (κ2) is 5.06. The molecule has 0 aliphatic rings. The van der Waals surface area contributed by atoms with Gasteiger partial charge in [0.15, 0.2) is 5.82 Å². The van der Waals surface area contributed by atoms with Gasteiger partial charge in [-0.05, 0) is 18.2 Å². The molecule has 0 aliphatic heterocycles. The average Bonchev–Trinajstić information content (AvgIpc) is 2.82. The number of nitrogens with two attached hydrogens (primary N) is 1. The van der Waals surface area contributed by atoms with Gasteiger partial charge < -0.3 is 10.7 Å². The highest BCUT2D eigenvalue weighted by Gasteiger charge is 2.20. The van der Waals surface area contributed by atoms with Gasteiger partial charge >= 0.3 is 0 Å². The molecule has 0 fully saturated rings. The summed E-state index contributed by atoms with van der Waals surface area (Å²) in [6.45, 7) is 0. The summed E-state index contributed by atoms with van der Waals surface area (Å²) >= 11 is 6.08. The van der Waals surface area contributed by atoms with Crippen molar-refractivity contribution in [2.24, 2.45) is 0 Å². The van der Waals surface area contributed by atoms with Gasteiger partial charge in [-0.3, -0.25) is 9.89 Å². The Hall–Kier alpha value is -2.60. The fraction of sp³-hybridized carbons (Fsp3) is 0. The van der Waals surface area contributed by atoms with Gasteiger partial charge in [-0.15, -0.1) is 0 Å². The van der Waals surface area contributed by atoms with E-state index in [9.17, 15) is 9.18 Å². The standard InChI is InChI=1S/C14H10ClFN4O/c15-8-2-1-3-9(16)11(8)12-13(19-20-14(12)17)7-4-5-10(21)18-6-7/h1-6H,(H,18,21)(H3,17,19,20). The molecule has 0 saturated heterocycles. The van der Waals surface area contributed by atoms with Crippen LogP contribution in [0.5, 0.6) is 0 Å². The fourth-order valence-corrected chi connectivity index (χ4v) is 2.38. The van der Waals surface area contributed by atoms with Crippen molar-refractivity contribution in [3.8, 4) is 22.4 Å². The molecule has 0 amide bonds. The Morgan fingerprint density at radius 2 is 2.00 bits per heavy atom. The number of aromatic nitrogens is 3. The maximum Gasteiger partial charge on any atom is 0.247 e. The number of anilines is 1. The van der Waals surface area contributed by atoms with E-state index in [0.29, 0.717) is 16.8 Å². The van der Waals surface area contributed by atoms with Crippen molar-refractivity contribution >= 4 is 17.4 Å². The number of halogens is 2. The second-order valence-corrected chi connectivity index (χ2v) is 4.80. The Morgan fingerprint density at radius 3 is 2.67 bits per heavy atom. The molecule has 0 spiro atoms. The lowest BCUT2D eigenvalue weighted by molar-refractivity contribution is 0.631. The number of nitrogens with zero attached hydrogens (tertiary/aromatic N) is 1. The van der Waals surface area contributed by atoms with Crippen molar-refractivity contribution < 1.29 is 4.39 Å². The number of nitrogens with one attached hydrogen (secondary N) is 2. The molecule has 7 heteroatoms. The van der Waals surface area contributed by atoms with Crippen molar-refractivity contribution in [1.82, 2.24) is 15.2 Å². The minimum atomic E-state index is -0.499. The summed E-state index contributed by atoms with van der Waals surface area (Å²) in [5.74, 6) is -0.371. The first-order chi connectivity index (χ1) is 10.1. The molecule has 0 bridgehead atoms. The van der Waals surface area contributed by atoms with Crippen molar-refractivity contribution in [2.45, 2.75) is 0 Å². The average molecular weight is 305 g/mol. The monoisotopic (exact) mass is 304 g/mol. The first-order valence-corrected chi connectivity index (χ1v) is 6.43. The van der Waals surface area contributed by atoms with Gasteiger partial charge in [0, 0.05) is 23.4 Å². The normalized spacial score (nSPS) is 10.8. The van der Waals surface area contributed by atoms with E-state index in [1.807, 2.05) is 0 Å². The molecule has 0 saturated carbocycles. The first kappa shape index (κ1) is 13.4. The molecule has 0 atom stereocenters. The zero-order chi connectivity index (χ0) is 15.0. The number of hydrogen-bond acceptors (Lipinski definition) is 3. The highest BCUT2D eigenvalue weighted by atomic mass is 35.5. The SMILES string of the molecule is Nc1n[nH]c(-c2ccc(=O)[nH]c2)c1-c1c(F)cccc1Cl. The van der Waals surface area contributed by atoms with E-state index >= 15 is 0 Å². The van der Waals surface area contributed by atoms with Crippen LogP contribution in [-0.4, -0.2) is 15.2 Å². The number of rotatable bonds is 2. The Kier molecular flexibility index (Phi) is 3.23. The van der Waals surface area contributed by atoms with E-state index in [2.05, 4.69) is 15.2 Å². The Labute approximate surface area is 123 Å². The highest BCUT2D eigenvalue weighted by molar-refractivity contribution is 6.33. The molecule has 4 N–H and O–H groups in total. The molecule has 0 radical (unpaired) electrons. The van der Waals surface area contributed by atoms with Gasteiger partial charge in [0.1, 0.15) is 5.82 Å². The molecular weight excluding hydrogens is 295 g/mol. The molecule has 3 aromatic rings. The number of nitrogen functional groups attached to an aromatic ring is 1. The summed E-state index contributed by atoms with van der Waals surface area (Å²) in [4.78, 5) is 13.7. The number of H-pyrrole nitrogens is 2. The zero-order valence-electron chi connectivity index (χ0n) is 10.7. The van der Waals surface area contributed by atoms with E-state index in [1.54, 1.807) is 12.1 Å². The summed E-state index contributed by atoms with van der Waals surface area (Å²) in [5.41, 5.74) is 7.24. The maximum absolute atomic E-state index is 14.1. The summed E-state index contributed by atoms with van der Waals surface area (Å²) < 4.78 is 14.1. The van der Waals surface area contributed by atoms with Crippen LogP contribution in [-0.2, 0) is 0 Å². The van der Waals surface area contributed by atoms with Crippen LogP contribution in [0.2, 0.25) is 5.02 Å². The Bertz CT molecular complexity index is 831. The number of aromatic amines is 2. The van der Waals surface area contributed by atoms with E-state index in [-0.39, 0.29) is 22.0 Å². The summed E-state index contributed by atoms with van der Waals surface area (Å²) in [7, 11) is 0. The third-order valence-corrected chi connectivity index (χ3v) is 3.39. The quantitative estimate of drug-likeness (QED) is 0.680. The minimum Gasteiger partial charge on any atom is -0.382 e. The van der Waals surface area contributed by atoms with Gasteiger partial charge in [0.05, 0.1) is 16.3 Å². The molecule has 1 aromatic carbocycles. The fourth-order valence-electron chi connectivity index (χ4n) is 2.12. The van der Waals surface area contributed by atoms with Gasteiger partial charge in [-0.25, -0.2) is 4.39 Å². The van der Waals surface area contributed by atoms with Crippen LogP contribution in [0.1, 0.15) is 0 Å². The summed E-state index contributed by atoms with van der Waals surface area (Å²) in [6, 6.07) is 7.33. The van der Waals surface area contributed by atoms with E-state index in [4.69, 9.17) is 17.3 Å². The molecule has 0 unspecified atom stereocenters. The van der Waals surface area contributed by atoms with Crippen molar-refractivity contribution in [3.63, 3.8) is 0 Å². The van der Waals surface area contributed by atoms with Crippen LogP contribution in [0.15, 0.2) is 41.3 Å². The molecule has 106 valence electrons. The second-order valence-electron chi connectivity index (χ2n) is 4.40. The van der Waals surface area contributed by atoms with E-state index in [0.717, 1.165) is 0 Å². The van der Waals surface area contributed by atoms with Crippen molar-refractivity contribution in [2.75, 3.05) is 5.73 Å². The van der Waals surface area contributed by atoms with Crippen molar-refractivity contribution in [1.29, 1.82) is 0 Å². The molecule has 2 heterocycles. The van der Waals surface area contributed by atoms with Crippen LogP contribution < -0.4 is 11.3 Å². The van der Waals surface area contributed by atoms with Crippen LogP contribution in [0.4, 0.5) is 10.2 Å². The largest absolute Gasteiger partial charge is 0.382 e. The third kappa shape index (κ3) is 2.30. The molecular formula is C14H10ClFN4O. The Morgan fingerprint density at radius 1 is 1.19 bits per heavy atom. The lowest BCUT2D eigenvalue weighted by atomic mass is 10.0. The minimum absolute atomic E-state index is 0.128. The van der Waals surface area contributed by atoms with Gasteiger partial charge in [0.2, 0.25) is 5.56 Å². The molecule has 0 aliphatic carbocycles. The van der Waals surface area contributed by atoms with Gasteiger partial charge in [-0.2, -0.15) is 5.10 Å². The zero-order valence-corrected chi connectivity index (χ0v) is 11.4. The molecule has 3 rings (SSSR count). The number of hydrogen-bond donors (Lipinski definition) is 3. The molecule has 2 aromatic heterocycles. The van der Waals surface area contributed by atoms with E-state index in [1.165, 1.54) is 24.4 Å². The predicted octanol–water partition coefficient (Wildman–Crippen LogP) is 2.81. The third-order valence-electron chi connectivity index (χ3n) is 3.08. The van der Waals surface area contributed by atoms with Gasteiger partial charge in [0.25, 0.3) is 0 Å². The summed E-state index contributed by atoms with van der Waals surface area (Å²) in [5, 5.41) is 6.88. The van der Waals surface area contributed by atoms with Crippen LogP contribution >= 0.6 is 11.6 Å². The van der Waals surface area contributed by atoms with Crippen LogP contribution in [0, 0.1) is 5.82 Å². The predicted molar refractivity (Wildman–Crippen MR) is 79.5 cm³/mol. The first-order valence-electron chi connectivity index (χ1n) is 6.05. The lowest BCUT2D eigenvalue weighted by Gasteiger charge is -2.07. The van der Waals surface area contributed by atoms with Gasteiger partial charge in [-0.1, -0.05) is 17.7 Å². The smallest absolute Gasteiger partial charge is 0.247 e. The Balaban J connectivity index is 2.27. The highest BCUT2D eigenvalue weighted by Crippen LogP contribution is 2.39. The van der Waals surface area contributed by atoms with Crippen LogP contribution in [0.25, 0.3) is 22.4 Å². The topological polar surface area (TPSA) is 87.6 Å². The number of benzene rings is 1. The molecule has 5 nitrogen and oxygen atoms in total. The molecule has 21 heavy (non-hydrogen) atoms. The van der Waals surface area contributed by atoms with Crippen molar-refractivity contribution in [3.05, 3.63) is 57.7 Å². The van der Waals surface area contributed by atoms with E-state index < -0.39 is 5.82 Å². The number of pyridine rings is 1. The van der Waals surface area contributed by atoms with Crippen LogP contribution in [0.3, 0.4) is 0 Å². The maximum atomic E-state index is 14.1. The lowest BCUT2D eigenvalue weighted by Crippen LogP contribution is -2.01.